The van der Waals surface area contributed by atoms with Gasteiger partial charge in [0.05, 0.1) is 18.0 Å². The van der Waals surface area contributed by atoms with Gasteiger partial charge in [0.25, 0.3) is 0 Å². The van der Waals surface area contributed by atoms with E-state index in [4.69, 9.17) is 12.2 Å². The molecule has 4 rings (SSSR count). The van der Waals surface area contributed by atoms with Crippen molar-refractivity contribution in [3.63, 3.8) is 0 Å². The summed E-state index contributed by atoms with van der Waals surface area (Å²) in [6.07, 6.45) is 3.21. The van der Waals surface area contributed by atoms with Crippen LogP contribution in [0.4, 0.5) is 0 Å². The van der Waals surface area contributed by atoms with Crippen molar-refractivity contribution in [1.29, 1.82) is 0 Å². The van der Waals surface area contributed by atoms with Crippen molar-refractivity contribution in [2.75, 3.05) is 7.05 Å². The molecule has 0 saturated heterocycles. The lowest BCUT2D eigenvalue weighted by atomic mass is 10.1. The average molecular weight is 421 g/mol. The highest BCUT2D eigenvalue weighted by molar-refractivity contribution is 7.71. The lowest BCUT2D eigenvalue weighted by Gasteiger charge is -2.24. The first kappa shape index (κ1) is 20.1. The predicted octanol–water partition coefficient (Wildman–Crippen LogP) is 3.65. The number of hydrogen-bond donors (Lipinski definition) is 0. The first-order valence-corrected chi connectivity index (χ1v) is 10.1. The summed E-state index contributed by atoms with van der Waals surface area (Å²) in [4.78, 5) is 6.17. The highest BCUT2D eigenvalue weighted by Crippen LogP contribution is 2.21. The summed E-state index contributed by atoms with van der Waals surface area (Å²) in [5, 5.41) is 12.7. The quantitative estimate of drug-likeness (QED) is 0.444. The third kappa shape index (κ3) is 3.94. The van der Waals surface area contributed by atoms with Crippen LogP contribution in [0.15, 0.2) is 55.1 Å². The van der Waals surface area contributed by atoms with E-state index in [9.17, 15) is 0 Å². The highest BCUT2D eigenvalue weighted by Gasteiger charge is 2.15. The number of tetrazole rings is 1. The number of nitrogens with zero attached hydrogens (tertiary/aromatic N) is 8. The molecular weight excluding hydrogens is 396 g/mol. The second-order valence-corrected chi connectivity index (χ2v) is 7.83. The van der Waals surface area contributed by atoms with E-state index < -0.39 is 0 Å². The molecule has 0 bridgehead atoms. The first-order valence-electron chi connectivity index (χ1n) is 9.69. The average Bonchev–Trinajstić information content (AvgIpc) is 3.39. The minimum Gasteiger partial charge on any atom is -0.281 e. The zero-order valence-corrected chi connectivity index (χ0v) is 18.3. The molecule has 8 nitrogen and oxygen atoms in total. The SMILES string of the molecule is Cc1ccc(-n2nnn(CN(C)[C@@H](C)c3ccc(-n4cncn4)cc3)c2=S)c(C)c1. The maximum atomic E-state index is 5.64. The molecule has 2 heterocycles. The van der Waals surface area contributed by atoms with Crippen LogP contribution in [0.25, 0.3) is 11.4 Å². The van der Waals surface area contributed by atoms with Gasteiger partial charge < -0.3 is 0 Å². The Bertz CT molecular complexity index is 1190. The molecule has 9 heteroatoms. The fraction of sp³-hybridized carbons (Fsp3) is 0.286. The van der Waals surface area contributed by atoms with Crippen LogP contribution in [-0.2, 0) is 6.67 Å². The Morgan fingerprint density at radius 1 is 1.07 bits per heavy atom. The van der Waals surface area contributed by atoms with E-state index in [1.165, 1.54) is 17.5 Å². The van der Waals surface area contributed by atoms with Gasteiger partial charge in [-0.05, 0) is 79.8 Å². The highest BCUT2D eigenvalue weighted by atomic mass is 32.1. The van der Waals surface area contributed by atoms with Crippen molar-refractivity contribution >= 4 is 12.2 Å². The molecule has 0 aliphatic rings. The Kier molecular flexibility index (Phi) is 5.56. The minimum atomic E-state index is 0.169. The van der Waals surface area contributed by atoms with Crippen LogP contribution in [0, 0.1) is 18.6 Å². The second kappa shape index (κ2) is 8.29. The third-order valence-electron chi connectivity index (χ3n) is 5.30. The molecular formula is C21H24N8S. The van der Waals surface area contributed by atoms with Crippen molar-refractivity contribution < 1.29 is 0 Å². The Morgan fingerprint density at radius 2 is 1.83 bits per heavy atom. The van der Waals surface area contributed by atoms with Gasteiger partial charge in [-0.15, -0.1) is 0 Å². The predicted molar refractivity (Wildman–Crippen MR) is 117 cm³/mol. The first-order chi connectivity index (χ1) is 14.4. The topological polar surface area (TPSA) is 69.6 Å². The van der Waals surface area contributed by atoms with Crippen molar-refractivity contribution in [2.24, 2.45) is 0 Å². The molecule has 2 aromatic heterocycles. The normalized spacial score (nSPS) is 12.4. The summed E-state index contributed by atoms with van der Waals surface area (Å²) in [6.45, 7) is 6.82. The zero-order chi connectivity index (χ0) is 21.3. The van der Waals surface area contributed by atoms with Gasteiger partial charge in [-0.25, -0.2) is 14.3 Å². The molecule has 0 saturated carbocycles. The Balaban J connectivity index is 1.50. The van der Waals surface area contributed by atoms with Gasteiger partial charge in [0.1, 0.15) is 12.7 Å². The fourth-order valence-electron chi connectivity index (χ4n) is 3.39. The van der Waals surface area contributed by atoms with Crippen LogP contribution in [0.1, 0.15) is 29.7 Å². The third-order valence-corrected chi connectivity index (χ3v) is 5.68. The van der Waals surface area contributed by atoms with Crippen molar-refractivity contribution in [1.82, 2.24) is 39.5 Å². The zero-order valence-electron chi connectivity index (χ0n) is 17.5. The monoisotopic (exact) mass is 420 g/mol. The molecule has 0 spiro atoms. The smallest absolute Gasteiger partial charge is 0.221 e. The molecule has 30 heavy (non-hydrogen) atoms. The van der Waals surface area contributed by atoms with E-state index in [1.807, 2.05) is 25.2 Å². The van der Waals surface area contributed by atoms with Gasteiger partial charge in [-0.3, -0.25) is 4.90 Å². The molecule has 0 fully saturated rings. The number of aromatic nitrogens is 7. The van der Waals surface area contributed by atoms with E-state index in [1.54, 1.807) is 20.4 Å². The van der Waals surface area contributed by atoms with E-state index >= 15 is 0 Å². The Morgan fingerprint density at radius 3 is 2.50 bits per heavy atom. The standard InChI is InChI=1S/C21H24N8S/c1-15-5-10-20(16(2)11-15)29-21(30)28(24-25-29)14-26(4)17(3)18-6-8-19(9-7-18)27-13-22-12-23-27/h5-13,17H,14H2,1-4H3/t17-/m0/s1. The van der Waals surface area contributed by atoms with Gasteiger partial charge in [-0.1, -0.05) is 29.8 Å². The van der Waals surface area contributed by atoms with Gasteiger partial charge in [0.2, 0.25) is 4.77 Å². The van der Waals surface area contributed by atoms with E-state index in [2.05, 4.69) is 70.4 Å². The van der Waals surface area contributed by atoms with Crippen molar-refractivity contribution in [2.45, 2.75) is 33.5 Å². The van der Waals surface area contributed by atoms with E-state index in [0.717, 1.165) is 16.9 Å². The molecule has 0 radical (unpaired) electrons. The van der Waals surface area contributed by atoms with Gasteiger partial charge >= 0.3 is 0 Å². The summed E-state index contributed by atoms with van der Waals surface area (Å²) in [7, 11) is 2.05. The molecule has 0 unspecified atom stereocenters. The van der Waals surface area contributed by atoms with Crippen LogP contribution in [0.3, 0.4) is 0 Å². The van der Waals surface area contributed by atoms with Crippen LogP contribution in [0.2, 0.25) is 0 Å². The van der Waals surface area contributed by atoms with Crippen molar-refractivity contribution in [3.05, 3.63) is 76.6 Å². The van der Waals surface area contributed by atoms with Gasteiger partial charge in [-0.2, -0.15) is 9.78 Å². The number of rotatable bonds is 6. The molecule has 0 N–H and O–H groups in total. The molecule has 154 valence electrons. The lowest BCUT2D eigenvalue weighted by Crippen LogP contribution is -2.26. The molecule has 4 aromatic rings. The number of benzene rings is 2. The summed E-state index contributed by atoms with van der Waals surface area (Å²) < 4.78 is 5.77. The fourth-order valence-corrected chi connectivity index (χ4v) is 3.62. The summed E-state index contributed by atoms with van der Waals surface area (Å²) in [5.74, 6) is 0. The summed E-state index contributed by atoms with van der Waals surface area (Å²) in [6, 6.07) is 14.7. The Labute approximate surface area is 180 Å². The molecule has 1 atom stereocenters. The van der Waals surface area contributed by atoms with Crippen LogP contribution >= 0.6 is 12.2 Å². The largest absolute Gasteiger partial charge is 0.281 e. The molecule has 0 amide bonds. The Hall–Kier alpha value is -3.17. The minimum absolute atomic E-state index is 0.169. The molecule has 2 aromatic carbocycles. The number of aryl methyl sites for hydroxylation is 2. The van der Waals surface area contributed by atoms with Gasteiger partial charge in [0, 0.05) is 6.04 Å². The van der Waals surface area contributed by atoms with Gasteiger partial charge in [0.15, 0.2) is 0 Å². The summed E-state index contributed by atoms with van der Waals surface area (Å²) in [5.41, 5.74) is 5.45. The van der Waals surface area contributed by atoms with Crippen LogP contribution in [0.5, 0.6) is 0 Å². The second-order valence-electron chi connectivity index (χ2n) is 7.47. The van der Waals surface area contributed by atoms with Crippen molar-refractivity contribution in [3.8, 4) is 11.4 Å². The maximum absolute atomic E-state index is 5.64. The lowest BCUT2D eigenvalue weighted by molar-refractivity contribution is 0.193. The number of hydrogen-bond acceptors (Lipinski definition) is 6. The van der Waals surface area contributed by atoms with Crippen LogP contribution < -0.4 is 0 Å². The van der Waals surface area contributed by atoms with E-state index in [0.29, 0.717) is 11.4 Å². The molecule has 0 aliphatic heterocycles. The summed E-state index contributed by atoms with van der Waals surface area (Å²) >= 11 is 5.64. The van der Waals surface area contributed by atoms with Crippen LogP contribution in [-0.4, -0.2) is 46.5 Å². The molecule has 0 aliphatic carbocycles. The van der Waals surface area contributed by atoms with E-state index in [-0.39, 0.29) is 6.04 Å². The maximum Gasteiger partial charge on any atom is 0.221 e.